The van der Waals surface area contributed by atoms with E-state index in [1.807, 2.05) is 49.4 Å². The maximum absolute atomic E-state index is 12.9. The number of benzene rings is 2. The van der Waals surface area contributed by atoms with E-state index in [-0.39, 0.29) is 5.91 Å². The van der Waals surface area contributed by atoms with Gasteiger partial charge in [0.05, 0.1) is 30.3 Å². The summed E-state index contributed by atoms with van der Waals surface area (Å²) in [6.45, 7) is 4.88. The minimum atomic E-state index is -0.246. The minimum Gasteiger partial charge on any atom is -0.378 e. The highest BCUT2D eigenvalue weighted by Crippen LogP contribution is 2.27. The number of rotatable bonds is 4. The maximum Gasteiger partial charge on any atom is 0.276 e. The van der Waals surface area contributed by atoms with Crippen molar-refractivity contribution in [2.75, 3.05) is 36.5 Å². The molecule has 0 spiro atoms. The maximum atomic E-state index is 12.9. The van der Waals surface area contributed by atoms with Crippen molar-refractivity contribution in [1.29, 1.82) is 0 Å². The molecule has 1 aliphatic rings. The fourth-order valence-corrected chi connectivity index (χ4v) is 3.48. The van der Waals surface area contributed by atoms with Crippen LogP contribution in [0.1, 0.15) is 16.2 Å². The van der Waals surface area contributed by atoms with Crippen LogP contribution in [-0.4, -0.2) is 42.0 Å². The molecule has 0 radical (unpaired) electrons. The third-order valence-corrected chi connectivity index (χ3v) is 4.91. The van der Waals surface area contributed by atoms with Gasteiger partial charge in [-0.05, 0) is 43.3 Å². The molecule has 28 heavy (non-hydrogen) atoms. The summed E-state index contributed by atoms with van der Waals surface area (Å²) in [6, 6.07) is 17.0. The Bertz CT molecular complexity index is 996. The number of nitrogens with one attached hydrogen (secondary N) is 1. The Morgan fingerprint density at radius 1 is 1.11 bits per heavy atom. The molecular weight excluding hydrogens is 376 g/mol. The van der Waals surface area contributed by atoms with Crippen molar-refractivity contribution in [2.24, 2.45) is 0 Å². The van der Waals surface area contributed by atoms with Crippen LogP contribution in [0.2, 0.25) is 5.02 Å². The third kappa shape index (κ3) is 3.88. The summed E-state index contributed by atoms with van der Waals surface area (Å²) in [4.78, 5) is 15.1. The lowest BCUT2D eigenvalue weighted by molar-refractivity contribution is 0.102. The summed E-state index contributed by atoms with van der Waals surface area (Å²) in [5.41, 5.74) is 3.79. The van der Waals surface area contributed by atoms with Gasteiger partial charge in [-0.3, -0.25) is 4.79 Å². The SMILES string of the molecule is Cc1cc(C(=O)Nc2ccccc2N2CCOCC2)nn1-c1cccc(Cl)c1. The number of nitrogens with zero attached hydrogens (tertiary/aromatic N) is 3. The molecule has 1 aromatic heterocycles. The standard InChI is InChI=1S/C21H21ClN4O2/c1-15-13-19(24-26(15)17-6-4-5-16(22)14-17)21(27)23-18-7-2-3-8-20(18)25-9-11-28-12-10-25/h2-8,13-14H,9-12H2,1H3,(H,23,27). The molecule has 1 fully saturated rings. The molecule has 3 aromatic rings. The van der Waals surface area contributed by atoms with Gasteiger partial charge in [0, 0.05) is 23.8 Å². The molecule has 2 heterocycles. The average Bonchev–Trinajstić information content (AvgIpc) is 3.11. The zero-order valence-electron chi connectivity index (χ0n) is 15.6. The van der Waals surface area contributed by atoms with E-state index in [1.54, 1.807) is 16.8 Å². The number of aryl methyl sites for hydroxylation is 1. The highest BCUT2D eigenvalue weighted by atomic mass is 35.5. The van der Waals surface area contributed by atoms with E-state index in [0.29, 0.717) is 23.9 Å². The van der Waals surface area contributed by atoms with E-state index in [0.717, 1.165) is 35.8 Å². The zero-order valence-corrected chi connectivity index (χ0v) is 16.3. The minimum absolute atomic E-state index is 0.246. The normalized spacial score (nSPS) is 14.1. The number of hydrogen-bond acceptors (Lipinski definition) is 4. The molecule has 1 amide bonds. The molecule has 0 aliphatic carbocycles. The van der Waals surface area contributed by atoms with Crippen molar-refractivity contribution in [3.63, 3.8) is 0 Å². The van der Waals surface area contributed by atoms with Crippen LogP contribution in [0.3, 0.4) is 0 Å². The number of hydrogen-bond donors (Lipinski definition) is 1. The first-order valence-electron chi connectivity index (χ1n) is 9.17. The van der Waals surface area contributed by atoms with Crippen LogP contribution >= 0.6 is 11.6 Å². The van der Waals surface area contributed by atoms with E-state index >= 15 is 0 Å². The Morgan fingerprint density at radius 3 is 2.68 bits per heavy atom. The first-order valence-corrected chi connectivity index (χ1v) is 9.55. The Kier molecular flexibility index (Phi) is 5.32. The van der Waals surface area contributed by atoms with Crippen molar-refractivity contribution in [1.82, 2.24) is 9.78 Å². The predicted octanol–water partition coefficient (Wildman–Crippen LogP) is 3.92. The molecule has 7 heteroatoms. The van der Waals surface area contributed by atoms with Gasteiger partial charge in [-0.2, -0.15) is 5.10 Å². The smallest absolute Gasteiger partial charge is 0.276 e. The molecule has 0 unspecified atom stereocenters. The van der Waals surface area contributed by atoms with Crippen molar-refractivity contribution in [2.45, 2.75) is 6.92 Å². The van der Waals surface area contributed by atoms with Gasteiger partial charge in [0.25, 0.3) is 5.91 Å². The summed E-state index contributed by atoms with van der Waals surface area (Å²) >= 11 is 6.08. The van der Waals surface area contributed by atoms with Crippen LogP contribution in [0.25, 0.3) is 5.69 Å². The molecule has 0 saturated carbocycles. The second-order valence-corrected chi connectivity index (χ2v) is 7.07. The molecule has 2 aromatic carbocycles. The summed E-state index contributed by atoms with van der Waals surface area (Å²) in [5.74, 6) is -0.246. The van der Waals surface area contributed by atoms with E-state index in [1.165, 1.54) is 0 Å². The van der Waals surface area contributed by atoms with E-state index in [9.17, 15) is 4.79 Å². The second-order valence-electron chi connectivity index (χ2n) is 6.63. The molecule has 1 N–H and O–H groups in total. The van der Waals surface area contributed by atoms with Crippen LogP contribution in [0, 0.1) is 6.92 Å². The number of carbonyl (C=O) groups excluding carboxylic acids is 1. The number of aromatic nitrogens is 2. The van der Waals surface area contributed by atoms with E-state index in [2.05, 4.69) is 15.3 Å². The molecule has 4 rings (SSSR count). The van der Waals surface area contributed by atoms with Crippen molar-refractivity contribution in [3.05, 3.63) is 71.0 Å². The first kappa shape index (κ1) is 18.5. The van der Waals surface area contributed by atoms with E-state index < -0.39 is 0 Å². The Balaban J connectivity index is 1.57. The van der Waals surface area contributed by atoms with Gasteiger partial charge < -0.3 is 15.0 Å². The molecular formula is C21H21ClN4O2. The molecule has 144 valence electrons. The Labute approximate surface area is 168 Å². The van der Waals surface area contributed by atoms with Crippen molar-refractivity contribution in [3.8, 4) is 5.69 Å². The summed E-state index contributed by atoms with van der Waals surface area (Å²) in [5, 5.41) is 8.10. The fraction of sp³-hybridized carbons (Fsp3) is 0.238. The summed E-state index contributed by atoms with van der Waals surface area (Å²) in [6.07, 6.45) is 0. The van der Waals surface area contributed by atoms with Gasteiger partial charge in [-0.15, -0.1) is 0 Å². The van der Waals surface area contributed by atoms with Gasteiger partial charge in [0.1, 0.15) is 0 Å². The van der Waals surface area contributed by atoms with Crippen LogP contribution in [-0.2, 0) is 4.74 Å². The third-order valence-electron chi connectivity index (χ3n) is 4.68. The van der Waals surface area contributed by atoms with Crippen LogP contribution in [0.15, 0.2) is 54.6 Å². The van der Waals surface area contributed by atoms with Gasteiger partial charge in [-0.25, -0.2) is 4.68 Å². The predicted molar refractivity (Wildman–Crippen MR) is 111 cm³/mol. The quantitative estimate of drug-likeness (QED) is 0.726. The monoisotopic (exact) mass is 396 g/mol. The highest BCUT2D eigenvalue weighted by molar-refractivity contribution is 6.30. The van der Waals surface area contributed by atoms with E-state index in [4.69, 9.17) is 16.3 Å². The number of anilines is 2. The van der Waals surface area contributed by atoms with Crippen LogP contribution in [0.4, 0.5) is 11.4 Å². The van der Waals surface area contributed by atoms with Crippen molar-refractivity contribution < 1.29 is 9.53 Å². The van der Waals surface area contributed by atoms with Gasteiger partial charge in [0.2, 0.25) is 0 Å². The number of ether oxygens (including phenoxy) is 1. The van der Waals surface area contributed by atoms with Gasteiger partial charge in [0.15, 0.2) is 5.69 Å². The largest absolute Gasteiger partial charge is 0.378 e. The number of carbonyl (C=O) groups is 1. The second kappa shape index (κ2) is 8.04. The Hall–Kier alpha value is -2.83. The average molecular weight is 397 g/mol. The molecule has 1 saturated heterocycles. The van der Waals surface area contributed by atoms with Crippen LogP contribution in [0.5, 0.6) is 0 Å². The summed E-state index contributed by atoms with van der Waals surface area (Å²) < 4.78 is 7.14. The summed E-state index contributed by atoms with van der Waals surface area (Å²) in [7, 11) is 0. The van der Waals surface area contributed by atoms with Gasteiger partial charge >= 0.3 is 0 Å². The highest BCUT2D eigenvalue weighted by Gasteiger charge is 2.18. The molecule has 0 atom stereocenters. The lowest BCUT2D eigenvalue weighted by Gasteiger charge is -2.30. The van der Waals surface area contributed by atoms with Crippen LogP contribution < -0.4 is 10.2 Å². The topological polar surface area (TPSA) is 59.4 Å². The van der Waals surface area contributed by atoms with Crippen molar-refractivity contribution >= 4 is 28.9 Å². The number of para-hydroxylation sites is 2. The lowest BCUT2D eigenvalue weighted by Crippen LogP contribution is -2.36. The Morgan fingerprint density at radius 2 is 1.89 bits per heavy atom. The zero-order chi connectivity index (χ0) is 19.5. The fourth-order valence-electron chi connectivity index (χ4n) is 3.30. The molecule has 6 nitrogen and oxygen atoms in total. The molecule has 1 aliphatic heterocycles. The lowest BCUT2D eigenvalue weighted by atomic mass is 10.2. The first-order chi connectivity index (χ1) is 13.6. The number of morpholine rings is 1. The number of amides is 1. The molecule has 0 bridgehead atoms. The van der Waals surface area contributed by atoms with Gasteiger partial charge in [-0.1, -0.05) is 29.8 Å². The number of halogens is 1.